The van der Waals surface area contributed by atoms with E-state index in [1.54, 1.807) is 4.68 Å². The molecule has 1 aromatic rings. The SMILES string of the molecule is CCN(C)Cc1cn(CCN)nn1. The van der Waals surface area contributed by atoms with Crippen molar-refractivity contribution in [1.29, 1.82) is 0 Å². The molecular formula is C8H17N5. The summed E-state index contributed by atoms with van der Waals surface area (Å²) in [5.74, 6) is 0. The van der Waals surface area contributed by atoms with Gasteiger partial charge < -0.3 is 10.6 Å². The van der Waals surface area contributed by atoms with E-state index in [1.165, 1.54) is 0 Å². The molecule has 0 unspecified atom stereocenters. The molecule has 0 aliphatic heterocycles. The van der Waals surface area contributed by atoms with Crippen molar-refractivity contribution in [2.45, 2.75) is 20.0 Å². The smallest absolute Gasteiger partial charge is 0.0967 e. The van der Waals surface area contributed by atoms with Gasteiger partial charge in [0.25, 0.3) is 0 Å². The number of nitrogens with two attached hydrogens (primary N) is 1. The molecule has 0 atom stereocenters. The highest BCUT2D eigenvalue weighted by Gasteiger charge is 2.02. The molecule has 0 aliphatic carbocycles. The van der Waals surface area contributed by atoms with Crippen LogP contribution >= 0.6 is 0 Å². The van der Waals surface area contributed by atoms with Gasteiger partial charge in [-0.25, -0.2) is 0 Å². The van der Waals surface area contributed by atoms with Crippen molar-refractivity contribution >= 4 is 0 Å². The summed E-state index contributed by atoms with van der Waals surface area (Å²) in [5.41, 5.74) is 6.40. The average molecular weight is 183 g/mol. The van der Waals surface area contributed by atoms with Gasteiger partial charge in [-0.15, -0.1) is 5.10 Å². The van der Waals surface area contributed by atoms with Crippen molar-refractivity contribution in [2.75, 3.05) is 20.1 Å². The first-order valence-electron chi connectivity index (χ1n) is 4.54. The molecular weight excluding hydrogens is 166 g/mol. The van der Waals surface area contributed by atoms with Gasteiger partial charge in [0.1, 0.15) is 0 Å². The number of rotatable bonds is 5. The lowest BCUT2D eigenvalue weighted by Crippen LogP contribution is -2.16. The van der Waals surface area contributed by atoms with Gasteiger partial charge in [0, 0.05) is 19.3 Å². The van der Waals surface area contributed by atoms with Crippen LogP contribution in [0.4, 0.5) is 0 Å². The zero-order chi connectivity index (χ0) is 9.68. The summed E-state index contributed by atoms with van der Waals surface area (Å²) in [6.45, 7) is 5.32. The lowest BCUT2D eigenvalue weighted by atomic mass is 10.4. The molecule has 0 bridgehead atoms. The average Bonchev–Trinajstić information content (AvgIpc) is 2.53. The maximum Gasteiger partial charge on any atom is 0.0967 e. The van der Waals surface area contributed by atoms with Crippen LogP contribution in [0.2, 0.25) is 0 Å². The van der Waals surface area contributed by atoms with Crippen LogP contribution in [0.1, 0.15) is 12.6 Å². The fourth-order valence-corrected chi connectivity index (χ4v) is 1.04. The highest BCUT2D eigenvalue weighted by molar-refractivity contribution is 4.91. The van der Waals surface area contributed by atoms with Crippen LogP contribution in [0.3, 0.4) is 0 Å². The monoisotopic (exact) mass is 183 g/mol. The van der Waals surface area contributed by atoms with Gasteiger partial charge in [0.05, 0.1) is 12.2 Å². The summed E-state index contributed by atoms with van der Waals surface area (Å²) in [6.07, 6.45) is 1.94. The molecule has 0 fully saturated rings. The number of hydrogen-bond donors (Lipinski definition) is 1. The van der Waals surface area contributed by atoms with E-state index in [0.717, 1.165) is 25.3 Å². The Hall–Kier alpha value is -0.940. The lowest BCUT2D eigenvalue weighted by Gasteiger charge is -2.10. The number of nitrogens with zero attached hydrogens (tertiary/aromatic N) is 4. The largest absolute Gasteiger partial charge is 0.329 e. The molecule has 5 nitrogen and oxygen atoms in total. The Balaban J connectivity index is 2.48. The van der Waals surface area contributed by atoms with Gasteiger partial charge in [-0.3, -0.25) is 4.68 Å². The summed E-state index contributed by atoms with van der Waals surface area (Å²) in [4.78, 5) is 2.18. The third kappa shape index (κ3) is 3.12. The third-order valence-electron chi connectivity index (χ3n) is 1.92. The molecule has 1 rings (SSSR count). The normalized spacial score (nSPS) is 11.1. The Kier molecular flexibility index (Phi) is 3.85. The second-order valence-corrected chi connectivity index (χ2v) is 3.09. The van der Waals surface area contributed by atoms with Crippen molar-refractivity contribution in [3.8, 4) is 0 Å². The molecule has 0 aromatic carbocycles. The molecule has 2 N–H and O–H groups in total. The minimum absolute atomic E-state index is 0.604. The summed E-state index contributed by atoms with van der Waals surface area (Å²) >= 11 is 0. The highest BCUT2D eigenvalue weighted by atomic mass is 15.4. The first-order chi connectivity index (χ1) is 6.26. The number of aromatic nitrogens is 3. The maximum atomic E-state index is 5.40. The van der Waals surface area contributed by atoms with Crippen molar-refractivity contribution in [2.24, 2.45) is 5.73 Å². The minimum Gasteiger partial charge on any atom is -0.329 e. The second kappa shape index (κ2) is 4.94. The van der Waals surface area contributed by atoms with E-state index in [0.29, 0.717) is 6.54 Å². The minimum atomic E-state index is 0.604. The van der Waals surface area contributed by atoms with Crippen LogP contribution in [0.5, 0.6) is 0 Å². The van der Waals surface area contributed by atoms with Crippen molar-refractivity contribution in [3.63, 3.8) is 0 Å². The number of hydrogen-bond acceptors (Lipinski definition) is 4. The van der Waals surface area contributed by atoms with Gasteiger partial charge in [-0.05, 0) is 13.6 Å². The van der Waals surface area contributed by atoms with Crippen molar-refractivity contribution in [3.05, 3.63) is 11.9 Å². The van der Waals surface area contributed by atoms with E-state index < -0.39 is 0 Å². The van der Waals surface area contributed by atoms with Gasteiger partial charge in [0.15, 0.2) is 0 Å². The predicted octanol–water partition coefficient (Wildman–Crippen LogP) is -0.311. The zero-order valence-electron chi connectivity index (χ0n) is 8.27. The maximum absolute atomic E-state index is 5.40. The van der Waals surface area contributed by atoms with Crippen molar-refractivity contribution < 1.29 is 0 Å². The molecule has 0 spiro atoms. The van der Waals surface area contributed by atoms with E-state index in [1.807, 2.05) is 6.20 Å². The van der Waals surface area contributed by atoms with Gasteiger partial charge in [-0.2, -0.15) is 0 Å². The van der Waals surface area contributed by atoms with Crippen LogP contribution in [0.25, 0.3) is 0 Å². The summed E-state index contributed by atoms with van der Waals surface area (Å²) in [5, 5.41) is 7.99. The fourth-order valence-electron chi connectivity index (χ4n) is 1.04. The first-order valence-corrected chi connectivity index (χ1v) is 4.54. The summed E-state index contributed by atoms with van der Waals surface area (Å²) < 4.78 is 1.78. The van der Waals surface area contributed by atoms with Crippen LogP contribution in [0.15, 0.2) is 6.20 Å². The molecule has 1 aromatic heterocycles. The molecule has 0 amide bonds. The quantitative estimate of drug-likeness (QED) is 0.680. The van der Waals surface area contributed by atoms with Crippen LogP contribution in [-0.4, -0.2) is 40.0 Å². The zero-order valence-corrected chi connectivity index (χ0v) is 8.27. The summed E-state index contributed by atoms with van der Waals surface area (Å²) in [6, 6.07) is 0. The van der Waals surface area contributed by atoms with Gasteiger partial charge >= 0.3 is 0 Å². The predicted molar refractivity (Wildman–Crippen MR) is 51.1 cm³/mol. The fraction of sp³-hybridized carbons (Fsp3) is 0.750. The van der Waals surface area contributed by atoms with Gasteiger partial charge in [-0.1, -0.05) is 12.1 Å². The topological polar surface area (TPSA) is 60.0 Å². The van der Waals surface area contributed by atoms with E-state index in [-0.39, 0.29) is 0 Å². The molecule has 5 heteroatoms. The Morgan fingerprint density at radius 3 is 3.00 bits per heavy atom. The standard InChI is InChI=1S/C8H17N5/c1-3-12(2)6-8-7-13(5-4-9)11-10-8/h7H,3-6,9H2,1-2H3. The molecule has 1 heterocycles. The molecule has 74 valence electrons. The molecule has 0 saturated carbocycles. The lowest BCUT2D eigenvalue weighted by molar-refractivity contribution is 0.341. The molecule has 0 aliphatic rings. The van der Waals surface area contributed by atoms with E-state index in [4.69, 9.17) is 5.73 Å². The Morgan fingerprint density at radius 1 is 1.62 bits per heavy atom. The van der Waals surface area contributed by atoms with E-state index in [2.05, 4.69) is 29.2 Å². The Labute approximate surface area is 78.5 Å². The van der Waals surface area contributed by atoms with E-state index in [9.17, 15) is 0 Å². The first kappa shape index (κ1) is 10.1. The highest BCUT2D eigenvalue weighted by Crippen LogP contribution is 1.97. The Bertz CT molecular complexity index is 244. The van der Waals surface area contributed by atoms with Crippen LogP contribution < -0.4 is 5.73 Å². The van der Waals surface area contributed by atoms with Gasteiger partial charge in [0.2, 0.25) is 0 Å². The Morgan fingerprint density at radius 2 is 2.38 bits per heavy atom. The molecule has 0 radical (unpaired) electrons. The molecule has 13 heavy (non-hydrogen) atoms. The summed E-state index contributed by atoms with van der Waals surface area (Å²) in [7, 11) is 2.06. The van der Waals surface area contributed by atoms with Crippen LogP contribution in [0, 0.1) is 0 Å². The van der Waals surface area contributed by atoms with Crippen LogP contribution in [-0.2, 0) is 13.1 Å². The second-order valence-electron chi connectivity index (χ2n) is 3.09. The molecule has 0 saturated heterocycles. The third-order valence-corrected chi connectivity index (χ3v) is 1.92. The van der Waals surface area contributed by atoms with E-state index >= 15 is 0 Å². The van der Waals surface area contributed by atoms with Crippen molar-refractivity contribution in [1.82, 2.24) is 19.9 Å².